The number of nitrogens with one attached hydrogen (secondary N) is 1. The Balaban J connectivity index is 2.09. The molecule has 2 rings (SSSR count). The predicted octanol–water partition coefficient (Wildman–Crippen LogP) is 4.28. The van der Waals surface area contributed by atoms with Gasteiger partial charge in [-0.15, -0.1) is 0 Å². The molecule has 126 valence electrons. The maximum absolute atomic E-state index is 12.5. The van der Waals surface area contributed by atoms with Crippen molar-refractivity contribution in [3.8, 4) is 0 Å². The SMILES string of the molecule is Cc1c(Cl)cccc1S(=O)(=O)Nc1nc(CCCC(C)C)ns1. The van der Waals surface area contributed by atoms with Crippen LogP contribution in [0.15, 0.2) is 23.1 Å². The molecule has 0 radical (unpaired) electrons. The van der Waals surface area contributed by atoms with Crippen LogP contribution in [0.5, 0.6) is 0 Å². The van der Waals surface area contributed by atoms with Gasteiger partial charge in [0.05, 0.1) is 4.90 Å². The molecule has 2 aromatic rings. The summed E-state index contributed by atoms with van der Waals surface area (Å²) in [5.41, 5.74) is 0.517. The number of nitrogens with zero attached hydrogens (tertiary/aromatic N) is 2. The quantitative estimate of drug-likeness (QED) is 0.786. The van der Waals surface area contributed by atoms with Gasteiger partial charge in [0.1, 0.15) is 5.82 Å². The van der Waals surface area contributed by atoms with Crippen LogP contribution < -0.4 is 4.72 Å². The van der Waals surface area contributed by atoms with Crippen molar-refractivity contribution in [2.75, 3.05) is 4.72 Å². The number of aromatic nitrogens is 2. The fraction of sp³-hybridized carbons (Fsp3) is 0.467. The van der Waals surface area contributed by atoms with Gasteiger partial charge in [-0.2, -0.15) is 4.37 Å². The van der Waals surface area contributed by atoms with E-state index in [0.717, 1.165) is 30.8 Å². The summed E-state index contributed by atoms with van der Waals surface area (Å²) in [7, 11) is -3.71. The zero-order chi connectivity index (χ0) is 17.0. The van der Waals surface area contributed by atoms with E-state index in [4.69, 9.17) is 11.6 Å². The highest BCUT2D eigenvalue weighted by Gasteiger charge is 2.20. The third kappa shape index (κ3) is 4.89. The van der Waals surface area contributed by atoms with Crippen molar-refractivity contribution in [3.05, 3.63) is 34.6 Å². The first-order chi connectivity index (χ1) is 10.8. The van der Waals surface area contributed by atoms with Gasteiger partial charge in [0.2, 0.25) is 5.13 Å². The Hall–Kier alpha value is -1.18. The molecule has 0 atom stereocenters. The van der Waals surface area contributed by atoms with Crippen LogP contribution in [0.3, 0.4) is 0 Å². The lowest BCUT2D eigenvalue weighted by Gasteiger charge is -2.08. The van der Waals surface area contributed by atoms with E-state index in [-0.39, 0.29) is 10.0 Å². The lowest BCUT2D eigenvalue weighted by molar-refractivity contribution is 0.551. The van der Waals surface area contributed by atoms with Crippen molar-refractivity contribution >= 4 is 38.3 Å². The van der Waals surface area contributed by atoms with Crippen LogP contribution in [0.1, 0.15) is 38.1 Å². The maximum Gasteiger partial charge on any atom is 0.264 e. The summed E-state index contributed by atoms with van der Waals surface area (Å²) in [6.45, 7) is 6.01. The Morgan fingerprint density at radius 1 is 1.35 bits per heavy atom. The summed E-state index contributed by atoms with van der Waals surface area (Å²) in [5.74, 6) is 1.31. The molecule has 8 heteroatoms. The third-order valence-electron chi connectivity index (χ3n) is 3.38. The van der Waals surface area contributed by atoms with E-state index in [1.54, 1.807) is 19.1 Å². The van der Waals surface area contributed by atoms with E-state index in [1.165, 1.54) is 6.07 Å². The summed E-state index contributed by atoms with van der Waals surface area (Å²) in [6.07, 6.45) is 2.85. The van der Waals surface area contributed by atoms with Crippen LogP contribution >= 0.6 is 23.1 Å². The van der Waals surface area contributed by atoms with Crippen molar-refractivity contribution in [2.24, 2.45) is 5.92 Å². The molecule has 0 spiro atoms. The van der Waals surface area contributed by atoms with Crippen LogP contribution in [0.25, 0.3) is 0 Å². The number of benzene rings is 1. The summed E-state index contributed by atoms with van der Waals surface area (Å²) in [6, 6.07) is 4.79. The van der Waals surface area contributed by atoms with Crippen molar-refractivity contribution in [2.45, 2.75) is 44.9 Å². The summed E-state index contributed by atoms with van der Waals surface area (Å²) in [4.78, 5) is 4.41. The first-order valence-electron chi connectivity index (χ1n) is 7.40. The van der Waals surface area contributed by atoms with E-state index in [1.807, 2.05) is 0 Å². The maximum atomic E-state index is 12.5. The van der Waals surface area contributed by atoms with Gasteiger partial charge in [-0.1, -0.05) is 37.9 Å². The average molecular weight is 374 g/mol. The molecule has 0 aliphatic rings. The number of anilines is 1. The van der Waals surface area contributed by atoms with Crippen molar-refractivity contribution in [1.29, 1.82) is 0 Å². The number of hydrogen-bond acceptors (Lipinski definition) is 5. The Bertz CT molecular complexity index is 773. The van der Waals surface area contributed by atoms with E-state index < -0.39 is 10.0 Å². The van der Waals surface area contributed by atoms with E-state index in [9.17, 15) is 8.42 Å². The summed E-state index contributed by atoms with van der Waals surface area (Å²) < 4.78 is 31.6. The molecular formula is C15H20ClN3O2S2. The molecule has 5 nitrogen and oxygen atoms in total. The van der Waals surface area contributed by atoms with Gasteiger partial charge in [-0.05, 0) is 37.0 Å². The smallest absolute Gasteiger partial charge is 0.253 e. The Morgan fingerprint density at radius 2 is 2.09 bits per heavy atom. The predicted molar refractivity (Wildman–Crippen MR) is 94.7 cm³/mol. The van der Waals surface area contributed by atoms with Crippen molar-refractivity contribution in [3.63, 3.8) is 0 Å². The van der Waals surface area contributed by atoms with Gasteiger partial charge in [-0.25, -0.2) is 13.4 Å². The van der Waals surface area contributed by atoms with Crippen LogP contribution in [0.4, 0.5) is 5.13 Å². The molecule has 0 fully saturated rings. The van der Waals surface area contributed by atoms with E-state index >= 15 is 0 Å². The fourth-order valence-electron chi connectivity index (χ4n) is 2.11. The topological polar surface area (TPSA) is 72.0 Å². The Labute approximate surface area is 146 Å². The highest BCUT2D eigenvalue weighted by Crippen LogP contribution is 2.25. The minimum absolute atomic E-state index is 0.154. The minimum Gasteiger partial charge on any atom is -0.253 e. The molecule has 0 aliphatic heterocycles. The minimum atomic E-state index is -3.71. The van der Waals surface area contributed by atoms with E-state index in [0.29, 0.717) is 22.3 Å². The Morgan fingerprint density at radius 3 is 2.78 bits per heavy atom. The zero-order valence-electron chi connectivity index (χ0n) is 13.3. The van der Waals surface area contributed by atoms with E-state index in [2.05, 4.69) is 27.9 Å². The van der Waals surface area contributed by atoms with Gasteiger partial charge in [0.25, 0.3) is 10.0 Å². The molecule has 1 N–H and O–H groups in total. The first kappa shape index (κ1) is 18.2. The van der Waals surface area contributed by atoms with Gasteiger partial charge in [0, 0.05) is 23.0 Å². The normalized spacial score (nSPS) is 11.9. The summed E-state index contributed by atoms with van der Waals surface area (Å²) in [5, 5.41) is 0.698. The monoisotopic (exact) mass is 373 g/mol. The molecule has 0 amide bonds. The second-order valence-electron chi connectivity index (χ2n) is 5.77. The number of sulfonamides is 1. The number of halogens is 1. The molecule has 0 unspecified atom stereocenters. The molecule has 23 heavy (non-hydrogen) atoms. The zero-order valence-corrected chi connectivity index (χ0v) is 15.7. The molecule has 0 bridgehead atoms. The van der Waals surface area contributed by atoms with Crippen molar-refractivity contribution < 1.29 is 8.42 Å². The second kappa shape index (κ2) is 7.59. The largest absolute Gasteiger partial charge is 0.264 e. The highest BCUT2D eigenvalue weighted by atomic mass is 35.5. The molecule has 1 aromatic heterocycles. The van der Waals surface area contributed by atoms with Crippen LogP contribution in [0, 0.1) is 12.8 Å². The average Bonchev–Trinajstić information content (AvgIpc) is 2.88. The molecule has 1 aromatic carbocycles. The number of rotatable bonds is 7. The number of aryl methyl sites for hydroxylation is 1. The van der Waals surface area contributed by atoms with Gasteiger partial charge >= 0.3 is 0 Å². The van der Waals surface area contributed by atoms with Crippen LogP contribution in [-0.2, 0) is 16.4 Å². The van der Waals surface area contributed by atoms with Gasteiger partial charge in [0.15, 0.2) is 0 Å². The number of hydrogen-bond donors (Lipinski definition) is 1. The van der Waals surface area contributed by atoms with Crippen LogP contribution in [-0.4, -0.2) is 17.8 Å². The third-order valence-corrected chi connectivity index (χ3v) is 6.07. The molecular weight excluding hydrogens is 354 g/mol. The Kier molecular flexibility index (Phi) is 6.00. The first-order valence-corrected chi connectivity index (χ1v) is 10.0. The molecule has 0 saturated heterocycles. The molecule has 0 aliphatic carbocycles. The summed E-state index contributed by atoms with van der Waals surface area (Å²) >= 11 is 7.05. The van der Waals surface area contributed by atoms with Gasteiger partial charge in [-0.3, -0.25) is 4.72 Å². The second-order valence-corrected chi connectivity index (χ2v) is 8.58. The fourth-order valence-corrected chi connectivity index (χ4v) is 4.45. The molecule has 0 saturated carbocycles. The van der Waals surface area contributed by atoms with Gasteiger partial charge < -0.3 is 0 Å². The van der Waals surface area contributed by atoms with Crippen LogP contribution in [0.2, 0.25) is 5.02 Å². The van der Waals surface area contributed by atoms with Crippen molar-refractivity contribution in [1.82, 2.24) is 9.36 Å². The molecule has 1 heterocycles. The lowest BCUT2D eigenvalue weighted by Crippen LogP contribution is -2.14. The standard InChI is InChI=1S/C15H20ClN3O2S2/c1-10(2)6-4-9-14-17-15(22-18-14)19-23(20,21)13-8-5-7-12(16)11(13)3/h5,7-8,10H,4,6,9H2,1-3H3,(H,17,18,19). The lowest BCUT2D eigenvalue weighted by atomic mass is 10.1. The highest BCUT2D eigenvalue weighted by molar-refractivity contribution is 7.93.